The first-order valence-electron chi connectivity index (χ1n) is 6.41. The van der Waals surface area contributed by atoms with E-state index in [0.29, 0.717) is 6.42 Å². The van der Waals surface area contributed by atoms with Crippen molar-refractivity contribution in [3.05, 3.63) is 11.8 Å². The molecular formula is C12H18N4O5. The van der Waals surface area contributed by atoms with Crippen LogP contribution in [0.3, 0.4) is 0 Å². The lowest BCUT2D eigenvalue weighted by Gasteiger charge is -2.06. The van der Waals surface area contributed by atoms with Crippen LogP contribution < -0.4 is 10.6 Å². The topological polar surface area (TPSA) is 123 Å². The molecule has 0 saturated heterocycles. The lowest BCUT2D eigenvalue weighted by Crippen LogP contribution is -2.30. The van der Waals surface area contributed by atoms with Gasteiger partial charge in [-0.2, -0.15) is 5.10 Å². The second-order valence-corrected chi connectivity index (χ2v) is 4.16. The van der Waals surface area contributed by atoms with Crippen LogP contribution in [0.4, 0.5) is 10.6 Å². The monoisotopic (exact) mass is 298 g/mol. The predicted octanol–water partition coefficient (Wildman–Crippen LogP) is 0.583. The van der Waals surface area contributed by atoms with Crippen LogP contribution in [0.2, 0.25) is 0 Å². The molecule has 1 aromatic heterocycles. The molecule has 9 nitrogen and oxygen atoms in total. The van der Waals surface area contributed by atoms with E-state index in [2.05, 4.69) is 15.7 Å². The summed E-state index contributed by atoms with van der Waals surface area (Å²) >= 11 is 0. The van der Waals surface area contributed by atoms with Crippen molar-refractivity contribution in [2.24, 2.45) is 7.05 Å². The van der Waals surface area contributed by atoms with Gasteiger partial charge in [-0.25, -0.2) is 9.59 Å². The summed E-state index contributed by atoms with van der Waals surface area (Å²) in [6.45, 7) is 2.10. The van der Waals surface area contributed by atoms with E-state index in [9.17, 15) is 14.4 Å². The fourth-order valence-electron chi connectivity index (χ4n) is 1.53. The average Bonchev–Trinajstić information content (AvgIpc) is 2.75. The van der Waals surface area contributed by atoms with E-state index < -0.39 is 18.0 Å². The Balaban J connectivity index is 2.55. The number of amides is 2. The Labute approximate surface area is 121 Å². The largest absolute Gasteiger partial charge is 0.481 e. The molecule has 0 radical (unpaired) electrons. The first kappa shape index (κ1) is 16.5. The van der Waals surface area contributed by atoms with Crippen LogP contribution in [0, 0.1) is 0 Å². The average molecular weight is 298 g/mol. The molecule has 0 spiro atoms. The minimum Gasteiger partial charge on any atom is -0.481 e. The molecule has 0 fully saturated rings. The highest BCUT2D eigenvalue weighted by Crippen LogP contribution is 2.13. The number of urea groups is 1. The Hall–Kier alpha value is -2.58. The molecule has 1 aromatic rings. The second-order valence-electron chi connectivity index (χ2n) is 4.16. The highest BCUT2D eigenvalue weighted by atomic mass is 16.5. The number of aromatic nitrogens is 2. The Morgan fingerprint density at radius 3 is 2.76 bits per heavy atom. The number of aliphatic carboxylic acids is 1. The third-order valence-corrected chi connectivity index (χ3v) is 2.41. The van der Waals surface area contributed by atoms with Gasteiger partial charge in [-0.05, 0) is 13.3 Å². The molecule has 0 saturated carbocycles. The highest BCUT2D eigenvalue weighted by Gasteiger charge is 2.18. The van der Waals surface area contributed by atoms with E-state index in [0.717, 1.165) is 0 Å². The first-order chi connectivity index (χ1) is 9.93. The van der Waals surface area contributed by atoms with Gasteiger partial charge in [0.25, 0.3) is 0 Å². The number of carbonyl (C=O) groups is 3. The van der Waals surface area contributed by atoms with Gasteiger partial charge in [-0.15, -0.1) is 0 Å². The number of carboxylic acids is 1. The minimum atomic E-state index is -0.925. The zero-order valence-corrected chi connectivity index (χ0v) is 11.9. The Bertz CT molecular complexity index is 526. The molecule has 21 heavy (non-hydrogen) atoms. The van der Waals surface area contributed by atoms with Crippen molar-refractivity contribution in [2.45, 2.75) is 19.8 Å². The molecule has 0 aliphatic rings. The van der Waals surface area contributed by atoms with E-state index in [1.807, 2.05) is 0 Å². The fourth-order valence-corrected chi connectivity index (χ4v) is 1.53. The van der Waals surface area contributed by atoms with Gasteiger partial charge >= 0.3 is 18.0 Å². The predicted molar refractivity (Wildman–Crippen MR) is 73.1 cm³/mol. The van der Waals surface area contributed by atoms with Crippen LogP contribution in [-0.2, 0) is 16.6 Å². The number of esters is 1. The quantitative estimate of drug-likeness (QED) is 0.500. The zero-order valence-electron chi connectivity index (χ0n) is 11.9. The molecule has 3 N–H and O–H groups in total. The number of nitrogens with zero attached hydrogens (tertiary/aromatic N) is 2. The summed E-state index contributed by atoms with van der Waals surface area (Å²) in [6, 6.07) is -0.565. The summed E-state index contributed by atoms with van der Waals surface area (Å²) in [7, 11) is 1.61. The van der Waals surface area contributed by atoms with E-state index in [-0.39, 0.29) is 31.0 Å². The van der Waals surface area contributed by atoms with E-state index >= 15 is 0 Å². The summed E-state index contributed by atoms with van der Waals surface area (Å²) in [6.07, 6.45) is 1.73. The zero-order chi connectivity index (χ0) is 15.8. The minimum absolute atomic E-state index is 0.0298. The lowest BCUT2D eigenvalue weighted by molar-refractivity contribution is -0.137. The second kappa shape index (κ2) is 7.88. The van der Waals surface area contributed by atoms with Crippen LogP contribution in [0.25, 0.3) is 0 Å². The fraction of sp³-hybridized carbons (Fsp3) is 0.500. The van der Waals surface area contributed by atoms with Crippen LogP contribution in [0.5, 0.6) is 0 Å². The van der Waals surface area contributed by atoms with Gasteiger partial charge in [-0.1, -0.05) is 0 Å². The van der Waals surface area contributed by atoms with Crippen molar-refractivity contribution in [1.29, 1.82) is 0 Å². The summed E-state index contributed by atoms with van der Waals surface area (Å²) in [5, 5.41) is 17.3. The van der Waals surface area contributed by atoms with Gasteiger partial charge < -0.3 is 15.2 Å². The summed E-state index contributed by atoms with van der Waals surface area (Å²) in [5.74, 6) is -1.41. The number of hydrogen-bond acceptors (Lipinski definition) is 5. The molecule has 1 heterocycles. The highest BCUT2D eigenvalue weighted by molar-refractivity contribution is 5.99. The molecule has 0 aromatic carbocycles. The van der Waals surface area contributed by atoms with E-state index in [1.54, 1.807) is 14.0 Å². The molecule has 1 rings (SSSR count). The van der Waals surface area contributed by atoms with Crippen LogP contribution in [-0.4, -0.2) is 46.0 Å². The van der Waals surface area contributed by atoms with Gasteiger partial charge in [0.15, 0.2) is 5.82 Å². The summed E-state index contributed by atoms with van der Waals surface area (Å²) in [4.78, 5) is 33.6. The number of anilines is 1. The van der Waals surface area contributed by atoms with Crippen molar-refractivity contribution in [1.82, 2.24) is 15.1 Å². The SMILES string of the molecule is CCOC(=O)c1cn(C)nc1NC(=O)NCCCC(=O)O. The third kappa shape index (κ3) is 5.51. The maximum Gasteiger partial charge on any atom is 0.343 e. The van der Waals surface area contributed by atoms with Gasteiger partial charge in [0.1, 0.15) is 5.56 Å². The van der Waals surface area contributed by atoms with E-state index in [1.165, 1.54) is 10.9 Å². The summed E-state index contributed by atoms with van der Waals surface area (Å²) < 4.78 is 6.24. The van der Waals surface area contributed by atoms with Gasteiger partial charge in [0, 0.05) is 26.2 Å². The van der Waals surface area contributed by atoms with Crippen LogP contribution >= 0.6 is 0 Å². The molecule has 0 atom stereocenters. The number of nitrogens with one attached hydrogen (secondary N) is 2. The lowest BCUT2D eigenvalue weighted by atomic mass is 10.3. The molecule has 0 aliphatic heterocycles. The Kier molecular flexibility index (Phi) is 6.18. The Morgan fingerprint density at radius 1 is 1.43 bits per heavy atom. The normalized spacial score (nSPS) is 10.0. The van der Waals surface area contributed by atoms with Gasteiger partial charge in [0.2, 0.25) is 0 Å². The van der Waals surface area contributed by atoms with Crippen molar-refractivity contribution >= 4 is 23.8 Å². The molecule has 0 unspecified atom stereocenters. The van der Waals surface area contributed by atoms with Crippen molar-refractivity contribution < 1.29 is 24.2 Å². The summed E-state index contributed by atoms with van der Waals surface area (Å²) in [5.41, 5.74) is 0.153. The third-order valence-electron chi connectivity index (χ3n) is 2.41. The van der Waals surface area contributed by atoms with Crippen molar-refractivity contribution in [3.63, 3.8) is 0 Å². The molecule has 116 valence electrons. The van der Waals surface area contributed by atoms with Crippen molar-refractivity contribution in [2.75, 3.05) is 18.5 Å². The number of hydrogen-bond donors (Lipinski definition) is 3. The molecule has 2 amide bonds. The van der Waals surface area contributed by atoms with Crippen LogP contribution in [0.1, 0.15) is 30.1 Å². The molecular weight excluding hydrogens is 280 g/mol. The molecule has 0 aliphatic carbocycles. The number of carboxylic acid groups (broad SMARTS) is 1. The number of aryl methyl sites for hydroxylation is 1. The standard InChI is InChI=1S/C12H18N4O5/c1-3-21-11(19)8-7-16(2)15-10(8)14-12(20)13-6-4-5-9(17)18/h7H,3-6H2,1-2H3,(H,17,18)(H2,13,14,15,20). The molecule has 9 heteroatoms. The number of carbonyl (C=O) groups excluding carboxylic acids is 2. The molecule has 0 bridgehead atoms. The van der Waals surface area contributed by atoms with Crippen molar-refractivity contribution in [3.8, 4) is 0 Å². The first-order valence-corrected chi connectivity index (χ1v) is 6.41. The van der Waals surface area contributed by atoms with Gasteiger partial charge in [0.05, 0.1) is 6.61 Å². The number of ether oxygens (including phenoxy) is 1. The maximum absolute atomic E-state index is 11.7. The maximum atomic E-state index is 11.7. The van der Waals surface area contributed by atoms with Gasteiger partial charge in [-0.3, -0.25) is 14.8 Å². The smallest absolute Gasteiger partial charge is 0.343 e. The Morgan fingerprint density at radius 2 is 2.14 bits per heavy atom. The van der Waals surface area contributed by atoms with Crippen LogP contribution in [0.15, 0.2) is 6.20 Å². The number of rotatable bonds is 7. The van der Waals surface area contributed by atoms with E-state index in [4.69, 9.17) is 9.84 Å².